The number of allylic oxidation sites excluding steroid dienone is 10. The van der Waals surface area contributed by atoms with Crippen LogP contribution in [0, 0.1) is 47.4 Å². The van der Waals surface area contributed by atoms with Crippen LogP contribution in [0.2, 0.25) is 0 Å². The molecule has 1 atom stereocenters. The molecule has 0 aromatic carbocycles. The van der Waals surface area contributed by atoms with E-state index < -0.39 is 0 Å². The molecule has 0 N–H and O–H groups in total. The average molecular weight is 1100 g/mol. The smallest absolute Gasteiger partial charge is 0.277 e. The van der Waals surface area contributed by atoms with Crippen LogP contribution in [0.5, 0.6) is 0 Å². The maximum absolute atomic E-state index is 5.67. The first kappa shape index (κ1) is 58.8. The molecule has 3 aromatic heterocycles. The summed E-state index contributed by atoms with van der Waals surface area (Å²) in [6.45, 7) is 22.7. The first-order valence-electron chi connectivity index (χ1n) is 28.9. The molecule has 398 valence electrons. The van der Waals surface area contributed by atoms with Crippen LogP contribution < -0.4 is 0 Å². The Morgan fingerprint density at radius 2 is 1.04 bits per heavy atom. The molecule has 8 heterocycles. The zero-order valence-corrected chi connectivity index (χ0v) is 50.1. The number of pyridine rings is 1. The number of unbranched alkanes of at least 4 members (excludes halogenated alkanes) is 6. The summed E-state index contributed by atoms with van der Waals surface area (Å²) in [5.74, 6) is 27.1. The van der Waals surface area contributed by atoms with Crippen molar-refractivity contribution in [2.24, 2.45) is 20.0 Å². The summed E-state index contributed by atoms with van der Waals surface area (Å²) < 4.78 is 0. The summed E-state index contributed by atoms with van der Waals surface area (Å²) in [6.07, 6.45) is 27.6. The van der Waals surface area contributed by atoms with Gasteiger partial charge in [-0.1, -0.05) is 114 Å². The molecule has 0 fully saturated rings. The summed E-state index contributed by atoms with van der Waals surface area (Å²) in [7, 11) is 0. The molecule has 5 aliphatic heterocycles. The zero-order valence-electron chi connectivity index (χ0n) is 47.5. The van der Waals surface area contributed by atoms with Gasteiger partial charge in [0.05, 0.1) is 55.6 Å². The van der Waals surface area contributed by atoms with Crippen LogP contribution in [0.15, 0.2) is 136 Å². The van der Waals surface area contributed by atoms with Crippen molar-refractivity contribution in [1.82, 2.24) is 4.98 Å². The summed E-state index contributed by atoms with van der Waals surface area (Å²) in [5.41, 5.74) is 22.1. The van der Waals surface area contributed by atoms with Crippen LogP contribution in [0.4, 0.5) is 0 Å². The molecule has 0 radical (unpaired) electrons. The fraction of sp³-hybridized carbons (Fsp3) is 0.435. The number of hydrogen-bond donors (Lipinski definition) is 0. The van der Waals surface area contributed by atoms with Crippen molar-refractivity contribution in [3.63, 3.8) is 0 Å². The molecule has 8 heteroatoms. The number of fused-ring (bicyclic) bond motifs is 4. The van der Waals surface area contributed by atoms with Gasteiger partial charge in [0.2, 0.25) is 0 Å². The maximum Gasteiger partial charge on any atom is 2.00 e. The molecule has 0 amide bonds. The first-order chi connectivity index (χ1) is 37.3. The molecule has 8 rings (SSSR count). The van der Waals surface area contributed by atoms with Gasteiger partial charge in [-0.2, -0.15) is 0 Å². The second-order valence-corrected chi connectivity index (χ2v) is 22.1. The van der Waals surface area contributed by atoms with Gasteiger partial charge in [-0.05, 0) is 211 Å². The van der Waals surface area contributed by atoms with E-state index in [1.807, 2.05) is 12.1 Å². The van der Waals surface area contributed by atoms with E-state index in [1.54, 1.807) is 35.1 Å². The third-order valence-corrected chi connectivity index (χ3v) is 17.7. The van der Waals surface area contributed by atoms with Crippen molar-refractivity contribution >= 4 is 45.5 Å². The van der Waals surface area contributed by atoms with E-state index >= 15 is 0 Å². The predicted octanol–water partition coefficient (Wildman–Crippen LogP) is 18.0. The predicted molar refractivity (Wildman–Crippen MR) is 328 cm³/mol. The zero-order chi connectivity index (χ0) is 53.6. The van der Waals surface area contributed by atoms with Crippen LogP contribution in [0.1, 0.15) is 205 Å². The van der Waals surface area contributed by atoms with Gasteiger partial charge in [0, 0.05) is 39.8 Å². The minimum absolute atomic E-state index is 0. The second kappa shape index (κ2) is 28.7. The van der Waals surface area contributed by atoms with Crippen molar-refractivity contribution in [2.75, 3.05) is 0 Å². The number of nitrogens with zero attached hydrogens (tertiary/aromatic N) is 5. The second-order valence-electron chi connectivity index (χ2n) is 20.0. The van der Waals surface area contributed by atoms with Gasteiger partial charge < -0.3 is 0 Å². The van der Waals surface area contributed by atoms with Gasteiger partial charge in [0.15, 0.2) is 0 Å². The third kappa shape index (κ3) is 13.4. The summed E-state index contributed by atoms with van der Waals surface area (Å²) >= 11 is 3.58. The van der Waals surface area contributed by atoms with E-state index in [-0.39, 0.29) is 22.5 Å². The SMILES string of the molecule is CCCCCCc1cc(-c2cc(CCCCCC)c(C#CC#Cc3ccncc3)s2)sc1C#CC#C/C1=C2/N=C(CC3N=C(/C=C4N=C(/C=C5N=C1C(CC)=C\5CC)C(CC)=C\4CC)C(CC)=C3CC)C(CC)=C2CC.[Ni+2]. The van der Waals surface area contributed by atoms with Gasteiger partial charge in [0.25, 0.3) is 0 Å². The van der Waals surface area contributed by atoms with Crippen molar-refractivity contribution < 1.29 is 16.5 Å². The first-order valence-corrected chi connectivity index (χ1v) is 30.5. The van der Waals surface area contributed by atoms with Crippen molar-refractivity contribution in [3.05, 3.63) is 143 Å². The fourth-order valence-corrected chi connectivity index (χ4v) is 13.7. The van der Waals surface area contributed by atoms with E-state index in [4.69, 9.17) is 20.0 Å². The van der Waals surface area contributed by atoms with E-state index in [0.717, 1.165) is 144 Å². The van der Waals surface area contributed by atoms with Gasteiger partial charge in [-0.25, -0.2) is 9.98 Å². The van der Waals surface area contributed by atoms with E-state index in [1.165, 1.54) is 104 Å². The minimum atomic E-state index is 0. The molecular formula is C69H77N5NiS2+2. The topological polar surface area (TPSA) is 62.3 Å². The van der Waals surface area contributed by atoms with E-state index in [2.05, 4.69) is 146 Å². The molecule has 0 saturated carbocycles. The minimum Gasteiger partial charge on any atom is -0.277 e. The molecule has 1 unspecified atom stereocenters. The maximum atomic E-state index is 5.67. The molecule has 5 nitrogen and oxygen atoms in total. The van der Waals surface area contributed by atoms with Crippen molar-refractivity contribution in [2.45, 2.75) is 197 Å². The monoisotopic (exact) mass is 1100 g/mol. The molecule has 5 aliphatic rings. The summed E-state index contributed by atoms with van der Waals surface area (Å²) in [6, 6.07) is 8.65. The Morgan fingerprint density at radius 1 is 0.506 bits per heavy atom. The van der Waals surface area contributed by atoms with Crippen molar-refractivity contribution in [3.8, 4) is 57.1 Å². The molecule has 0 saturated heterocycles. The summed E-state index contributed by atoms with van der Waals surface area (Å²) in [4.78, 5) is 31.1. The van der Waals surface area contributed by atoms with Crippen molar-refractivity contribution in [1.29, 1.82) is 0 Å². The fourth-order valence-electron chi connectivity index (χ4n) is 11.5. The number of thiophene rings is 2. The molecule has 3 aromatic rings. The standard InChI is InChI=1S/C69H77N5S2.Ni/c1-11-21-23-25-32-47-41-66(75-64(47)35-29-27-31-46-37-39-70-40-38-46)67-42-48(33-26-24-22-12-2)65(76-67)36-30-28-34-57-68-55(19-9)53(17-7)62(73-68)44-60-51(15-5)49(13-3)58(71-60)43-59-50(14-4)52(16-6)61(72-59)45-63-54(18-8)56(20-10)69(57)74-63;/h37-44,61H,11-26,32-33,45H2,1-10H3;/q;+2/b58-43-,62-44-,69-57-;. The largest absolute Gasteiger partial charge is 2.00 e. The quantitative estimate of drug-likeness (QED) is 0.0670. The summed E-state index contributed by atoms with van der Waals surface area (Å²) in [5, 5.41) is 0. The Morgan fingerprint density at radius 3 is 1.60 bits per heavy atom. The molecule has 0 spiro atoms. The Hall–Kier alpha value is -5.86. The van der Waals surface area contributed by atoms with E-state index in [9.17, 15) is 0 Å². The number of rotatable bonds is 19. The Balaban J connectivity index is 0.00000861. The Kier molecular flexibility index (Phi) is 21.9. The van der Waals surface area contributed by atoms with E-state index in [0.29, 0.717) is 0 Å². The molecule has 8 bridgehead atoms. The number of hydrogen-bond acceptors (Lipinski definition) is 7. The van der Waals surface area contributed by atoms with Gasteiger partial charge in [0.1, 0.15) is 0 Å². The average Bonchev–Trinajstić information content (AvgIpc) is 4.31. The third-order valence-electron chi connectivity index (χ3n) is 15.3. The van der Waals surface area contributed by atoms with Gasteiger partial charge >= 0.3 is 16.5 Å². The molecule has 77 heavy (non-hydrogen) atoms. The molecular weight excluding hydrogens is 1020 g/mol. The van der Waals surface area contributed by atoms with Crippen LogP contribution in [0.25, 0.3) is 9.75 Å². The van der Waals surface area contributed by atoms with Crippen LogP contribution >= 0.6 is 22.7 Å². The normalized spacial score (nSPS) is 18.9. The Bertz CT molecular complexity index is 3350. The van der Waals surface area contributed by atoms with Gasteiger partial charge in [-0.3, -0.25) is 15.0 Å². The number of aryl methyl sites for hydroxylation is 2. The van der Waals surface area contributed by atoms with Crippen LogP contribution in [-0.4, -0.2) is 33.9 Å². The van der Waals surface area contributed by atoms with Crippen LogP contribution in [-0.2, 0) is 29.3 Å². The van der Waals surface area contributed by atoms with Gasteiger partial charge in [-0.15, -0.1) is 22.7 Å². The number of aliphatic imine (C=N–C) groups is 4. The number of aromatic nitrogens is 1. The van der Waals surface area contributed by atoms with Crippen LogP contribution in [0.3, 0.4) is 0 Å². The molecule has 0 aliphatic carbocycles. The Labute approximate surface area is 480 Å².